The van der Waals surface area contributed by atoms with Crippen LogP contribution < -0.4 is 4.90 Å². The normalized spacial score (nSPS) is 24.8. The number of hydrogen-bond donors (Lipinski definition) is 1. The molecule has 4 aliphatic rings. The number of nitrogens with zero attached hydrogens (tertiary/aromatic N) is 7. The molecule has 1 saturated carbocycles. The largest absolute Gasteiger partial charge is 0.395 e. The van der Waals surface area contributed by atoms with E-state index in [1.807, 2.05) is 9.80 Å². The van der Waals surface area contributed by atoms with Crippen molar-refractivity contribution in [1.82, 2.24) is 34.9 Å². The van der Waals surface area contributed by atoms with E-state index in [1.54, 1.807) is 17.3 Å². The van der Waals surface area contributed by atoms with Crippen molar-refractivity contribution < 1.29 is 18.0 Å². The first-order valence-electron chi connectivity index (χ1n) is 11.8. The molecule has 1 spiro atoms. The molecular formula is C22H27F3N8O. The number of nitrogens with one attached hydrogen (secondary N) is 1. The number of amides is 2. The molecule has 5 heterocycles. The number of H-pyrrole nitrogens is 1. The van der Waals surface area contributed by atoms with Gasteiger partial charge in [-0.2, -0.15) is 18.3 Å². The number of urea groups is 1. The molecule has 1 aliphatic carbocycles. The number of likely N-dealkylation sites (tertiary alicyclic amines) is 2. The first-order chi connectivity index (χ1) is 16.3. The van der Waals surface area contributed by atoms with Crippen LogP contribution >= 0.6 is 0 Å². The van der Waals surface area contributed by atoms with Crippen LogP contribution in [-0.2, 0) is 6.42 Å². The summed E-state index contributed by atoms with van der Waals surface area (Å²) in [4.78, 5) is 31.3. The van der Waals surface area contributed by atoms with Crippen molar-refractivity contribution in [2.75, 3.05) is 44.2 Å². The van der Waals surface area contributed by atoms with Crippen molar-refractivity contribution in [1.29, 1.82) is 0 Å². The maximum Gasteiger partial charge on any atom is 0.395 e. The Balaban J connectivity index is 0.934. The van der Waals surface area contributed by atoms with Crippen LogP contribution in [0.4, 0.5) is 23.8 Å². The van der Waals surface area contributed by atoms with E-state index in [9.17, 15) is 18.0 Å². The number of aromatic nitrogens is 5. The van der Waals surface area contributed by atoms with Gasteiger partial charge in [-0.3, -0.25) is 10.1 Å². The van der Waals surface area contributed by atoms with Gasteiger partial charge in [0.05, 0.1) is 24.0 Å². The van der Waals surface area contributed by atoms with E-state index in [0.717, 1.165) is 56.8 Å². The van der Waals surface area contributed by atoms with Gasteiger partial charge in [-0.05, 0) is 31.6 Å². The number of hydrogen-bond acceptors (Lipinski definition) is 6. The maximum atomic E-state index is 12.9. The lowest BCUT2D eigenvalue weighted by atomic mass is 9.57. The van der Waals surface area contributed by atoms with Crippen LogP contribution in [0.25, 0.3) is 0 Å². The summed E-state index contributed by atoms with van der Waals surface area (Å²) in [6.07, 6.45) is 4.51. The second kappa shape index (κ2) is 7.81. The minimum Gasteiger partial charge on any atom is -0.354 e. The van der Waals surface area contributed by atoms with Crippen molar-refractivity contribution >= 4 is 11.8 Å². The van der Waals surface area contributed by atoms with Crippen LogP contribution in [-0.4, -0.2) is 86.4 Å². The Hall–Kier alpha value is -2.92. The molecule has 1 unspecified atom stereocenters. The van der Waals surface area contributed by atoms with Gasteiger partial charge in [-0.15, -0.1) is 0 Å². The zero-order valence-electron chi connectivity index (χ0n) is 18.7. The van der Waals surface area contributed by atoms with Crippen molar-refractivity contribution in [3.63, 3.8) is 0 Å². The maximum absolute atomic E-state index is 12.9. The third-order valence-electron chi connectivity index (χ3n) is 7.90. The van der Waals surface area contributed by atoms with E-state index in [0.29, 0.717) is 18.3 Å². The van der Waals surface area contributed by atoms with Crippen LogP contribution in [0.5, 0.6) is 0 Å². The van der Waals surface area contributed by atoms with Gasteiger partial charge in [0.25, 0.3) is 0 Å². The number of carbonyl (C=O) groups excluding carboxylic acids is 1. The molecule has 0 radical (unpaired) electrons. The van der Waals surface area contributed by atoms with E-state index in [2.05, 4.69) is 25.1 Å². The molecule has 1 N–H and O–H groups in total. The summed E-state index contributed by atoms with van der Waals surface area (Å²) in [6.45, 7) is 2.96. The Morgan fingerprint density at radius 1 is 1.09 bits per heavy atom. The minimum absolute atomic E-state index is 0.0456. The Bertz CT molecular complexity index is 1020. The molecule has 2 aromatic rings. The van der Waals surface area contributed by atoms with Crippen molar-refractivity contribution in [2.45, 2.75) is 37.8 Å². The van der Waals surface area contributed by atoms with Crippen LogP contribution in [0, 0.1) is 17.3 Å². The molecule has 3 saturated heterocycles. The molecule has 1 atom stereocenters. The summed E-state index contributed by atoms with van der Waals surface area (Å²) in [6, 6.07) is 0.122. The second-order valence-corrected chi connectivity index (χ2v) is 10.4. The van der Waals surface area contributed by atoms with Gasteiger partial charge in [0.1, 0.15) is 18.0 Å². The van der Waals surface area contributed by atoms with Gasteiger partial charge in [0.2, 0.25) is 0 Å². The second-order valence-electron chi connectivity index (χ2n) is 10.4. The fraction of sp³-hybridized carbons (Fsp3) is 0.682. The van der Waals surface area contributed by atoms with Crippen molar-refractivity contribution in [3.8, 4) is 0 Å². The monoisotopic (exact) mass is 476 g/mol. The smallest absolute Gasteiger partial charge is 0.354 e. The first-order valence-corrected chi connectivity index (χ1v) is 11.8. The Morgan fingerprint density at radius 2 is 1.88 bits per heavy atom. The third-order valence-corrected chi connectivity index (χ3v) is 7.90. The highest BCUT2D eigenvalue weighted by Crippen LogP contribution is 2.53. The molecular weight excluding hydrogens is 449 g/mol. The predicted octanol–water partition coefficient (Wildman–Crippen LogP) is 2.46. The average molecular weight is 477 g/mol. The van der Waals surface area contributed by atoms with Crippen LogP contribution in [0.15, 0.2) is 18.7 Å². The molecule has 34 heavy (non-hydrogen) atoms. The van der Waals surface area contributed by atoms with Crippen LogP contribution in [0.1, 0.15) is 36.7 Å². The van der Waals surface area contributed by atoms with Crippen LogP contribution in [0.2, 0.25) is 0 Å². The summed E-state index contributed by atoms with van der Waals surface area (Å²) in [7, 11) is 0. The molecule has 2 amide bonds. The quantitative estimate of drug-likeness (QED) is 0.729. The lowest BCUT2D eigenvalue weighted by Gasteiger charge is -2.59. The number of carbonyl (C=O) groups is 1. The van der Waals surface area contributed by atoms with Crippen molar-refractivity contribution in [2.24, 2.45) is 17.3 Å². The molecule has 182 valence electrons. The zero-order valence-corrected chi connectivity index (χ0v) is 18.7. The molecule has 6 rings (SSSR count). The number of halogens is 3. The zero-order chi connectivity index (χ0) is 23.5. The molecule has 2 aromatic heterocycles. The number of anilines is 1. The van der Waals surface area contributed by atoms with E-state index in [-0.39, 0.29) is 30.5 Å². The van der Waals surface area contributed by atoms with E-state index >= 15 is 0 Å². The summed E-state index contributed by atoms with van der Waals surface area (Å²) in [5.41, 5.74) is 1.11. The van der Waals surface area contributed by atoms with Gasteiger partial charge in [0, 0.05) is 50.6 Å². The topological polar surface area (TPSA) is 94.1 Å². The third kappa shape index (κ3) is 3.86. The summed E-state index contributed by atoms with van der Waals surface area (Å²) in [5, 5.41) is 6.81. The Morgan fingerprint density at radius 3 is 2.53 bits per heavy atom. The highest BCUT2D eigenvalue weighted by Gasteiger charge is 2.54. The van der Waals surface area contributed by atoms with Gasteiger partial charge < -0.3 is 14.7 Å². The Labute approximate surface area is 194 Å². The summed E-state index contributed by atoms with van der Waals surface area (Å²) >= 11 is 0. The lowest BCUT2D eigenvalue weighted by Crippen LogP contribution is -2.65. The predicted molar refractivity (Wildman–Crippen MR) is 115 cm³/mol. The van der Waals surface area contributed by atoms with Crippen LogP contribution in [0.3, 0.4) is 0 Å². The fourth-order valence-electron chi connectivity index (χ4n) is 6.02. The highest BCUT2D eigenvalue weighted by atomic mass is 19.4. The molecule has 9 nitrogen and oxygen atoms in total. The SMILES string of the molecule is O=C(N1CCC(c2ncn[nH]2)C1)N1CC2(CC(Cc3cnc(N4CC(C(F)(F)F)C4)cn3)C2)C1. The molecule has 3 aliphatic heterocycles. The number of rotatable bonds is 4. The van der Waals surface area contributed by atoms with Gasteiger partial charge in [0.15, 0.2) is 0 Å². The van der Waals surface area contributed by atoms with Gasteiger partial charge in [-0.1, -0.05) is 0 Å². The average Bonchev–Trinajstić information content (AvgIpc) is 3.38. The highest BCUT2D eigenvalue weighted by molar-refractivity contribution is 5.76. The van der Waals surface area contributed by atoms with Gasteiger partial charge >= 0.3 is 12.2 Å². The first kappa shape index (κ1) is 21.6. The minimum atomic E-state index is -4.14. The molecule has 0 aromatic carbocycles. The van der Waals surface area contributed by atoms with E-state index in [4.69, 9.17) is 0 Å². The van der Waals surface area contributed by atoms with Crippen molar-refractivity contribution in [3.05, 3.63) is 30.2 Å². The van der Waals surface area contributed by atoms with Gasteiger partial charge in [-0.25, -0.2) is 14.8 Å². The molecule has 0 bridgehead atoms. The standard InChI is InChI=1S/C22H27F3N8O/c23-22(24,25)16-9-32(10-16)18-7-26-17(6-27-18)3-14-4-21(5-14)11-33(12-21)20(34)31-2-1-15(8-31)19-28-13-29-30-19/h6-7,13-16H,1-5,8-12H2,(H,28,29,30). The fourth-order valence-corrected chi connectivity index (χ4v) is 6.02. The summed E-state index contributed by atoms with van der Waals surface area (Å²) < 4.78 is 38.0. The molecule has 4 fully saturated rings. The van der Waals surface area contributed by atoms with E-state index < -0.39 is 12.1 Å². The Kier molecular flexibility index (Phi) is 4.96. The summed E-state index contributed by atoms with van der Waals surface area (Å²) in [5.74, 6) is 0.834. The molecule has 12 heteroatoms. The number of alkyl halides is 3. The number of aromatic amines is 1. The lowest BCUT2D eigenvalue weighted by molar-refractivity contribution is -0.180. The van der Waals surface area contributed by atoms with E-state index in [1.165, 1.54) is 6.33 Å².